The van der Waals surface area contributed by atoms with Gasteiger partial charge < -0.3 is 0 Å². The molecule has 0 saturated carbocycles. The van der Waals surface area contributed by atoms with Crippen molar-refractivity contribution < 1.29 is 0 Å². The molecule has 13 heavy (non-hydrogen) atoms. The standard InChI is InChI=1S/C12H15Cl/c1-9-5-4-6-12(11(9)3)8-7-10(2)13/h4-6H,2,7-8H2,1,3H3. The van der Waals surface area contributed by atoms with Crippen LogP contribution in [0.15, 0.2) is 29.8 Å². The lowest BCUT2D eigenvalue weighted by molar-refractivity contribution is 0.971. The summed E-state index contributed by atoms with van der Waals surface area (Å²) in [6, 6.07) is 6.38. The minimum atomic E-state index is 0.737. The normalized spacial score (nSPS) is 10.1. The van der Waals surface area contributed by atoms with Gasteiger partial charge in [0.1, 0.15) is 0 Å². The van der Waals surface area contributed by atoms with Gasteiger partial charge in [-0.05, 0) is 43.4 Å². The van der Waals surface area contributed by atoms with Crippen molar-refractivity contribution in [2.75, 3.05) is 0 Å². The molecule has 0 bridgehead atoms. The van der Waals surface area contributed by atoms with E-state index in [4.69, 9.17) is 11.6 Å². The molecule has 0 spiro atoms. The molecule has 0 heterocycles. The summed E-state index contributed by atoms with van der Waals surface area (Å²) < 4.78 is 0. The summed E-state index contributed by atoms with van der Waals surface area (Å²) in [5, 5.41) is 0.737. The molecule has 0 aliphatic heterocycles. The van der Waals surface area contributed by atoms with Gasteiger partial charge in [-0.1, -0.05) is 36.4 Å². The summed E-state index contributed by atoms with van der Waals surface area (Å²) in [7, 11) is 0. The lowest BCUT2D eigenvalue weighted by atomic mass is 10.00. The first-order chi connectivity index (χ1) is 6.11. The van der Waals surface area contributed by atoms with E-state index in [-0.39, 0.29) is 0 Å². The molecule has 0 aromatic heterocycles. The maximum absolute atomic E-state index is 5.73. The highest BCUT2D eigenvalue weighted by atomic mass is 35.5. The number of hydrogen-bond acceptors (Lipinski definition) is 0. The summed E-state index contributed by atoms with van der Waals surface area (Å²) in [6.07, 6.45) is 1.86. The van der Waals surface area contributed by atoms with Crippen molar-refractivity contribution >= 4 is 11.6 Å². The highest BCUT2D eigenvalue weighted by molar-refractivity contribution is 6.29. The Kier molecular flexibility index (Phi) is 3.56. The molecule has 0 aliphatic carbocycles. The van der Waals surface area contributed by atoms with Gasteiger partial charge in [0.05, 0.1) is 0 Å². The van der Waals surface area contributed by atoms with E-state index in [1.165, 1.54) is 16.7 Å². The zero-order valence-corrected chi connectivity index (χ0v) is 8.99. The Morgan fingerprint density at radius 1 is 1.38 bits per heavy atom. The first-order valence-electron chi connectivity index (χ1n) is 4.49. The minimum Gasteiger partial charge on any atom is -0.0898 e. The van der Waals surface area contributed by atoms with Gasteiger partial charge in [-0.3, -0.25) is 0 Å². The van der Waals surface area contributed by atoms with Gasteiger partial charge in [0.15, 0.2) is 0 Å². The second kappa shape index (κ2) is 4.48. The van der Waals surface area contributed by atoms with Gasteiger partial charge in [0.2, 0.25) is 0 Å². The lowest BCUT2D eigenvalue weighted by Gasteiger charge is -2.07. The van der Waals surface area contributed by atoms with E-state index in [1.807, 2.05) is 0 Å². The van der Waals surface area contributed by atoms with Crippen LogP contribution in [0, 0.1) is 13.8 Å². The summed E-state index contributed by atoms with van der Waals surface area (Å²) in [5.41, 5.74) is 4.10. The van der Waals surface area contributed by atoms with E-state index in [1.54, 1.807) is 0 Å². The van der Waals surface area contributed by atoms with Crippen molar-refractivity contribution in [2.24, 2.45) is 0 Å². The van der Waals surface area contributed by atoms with Crippen molar-refractivity contribution in [3.63, 3.8) is 0 Å². The van der Waals surface area contributed by atoms with E-state index in [0.29, 0.717) is 0 Å². The number of allylic oxidation sites excluding steroid dienone is 1. The van der Waals surface area contributed by atoms with E-state index < -0.39 is 0 Å². The summed E-state index contributed by atoms with van der Waals surface area (Å²) in [6.45, 7) is 7.98. The molecule has 0 radical (unpaired) electrons. The van der Waals surface area contributed by atoms with Crippen LogP contribution >= 0.6 is 11.6 Å². The van der Waals surface area contributed by atoms with Gasteiger partial charge in [-0.15, -0.1) is 0 Å². The molecule has 0 atom stereocenters. The number of rotatable bonds is 3. The van der Waals surface area contributed by atoms with E-state index in [9.17, 15) is 0 Å². The number of aryl methyl sites for hydroxylation is 2. The molecular weight excluding hydrogens is 180 g/mol. The molecule has 0 saturated heterocycles. The third-order valence-corrected chi connectivity index (χ3v) is 2.57. The zero-order chi connectivity index (χ0) is 9.84. The van der Waals surface area contributed by atoms with Gasteiger partial charge in [-0.2, -0.15) is 0 Å². The van der Waals surface area contributed by atoms with Crippen molar-refractivity contribution in [1.29, 1.82) is 0 Å². The molecule has 1 aromatic rings. The fourth-order valence-electron chi connectivity index (χ4n) is 1.35. The molecule has 0 amide bonds. The van der Waals surface area contributed by atoms with Crippen LogP contribution < -0.4 is 0 Å². The van der Waals surface area contributed by atoms with Crippen LogP contribution in [0.3, 0.4) is 0 Å². The van der Waals surface area contributed by atoms with Crippen LogP contribution in [0.1, 0.15) is 23.1 Å². The van der Waals surface area contributed by atoms with Crippen LogP contribution in [-0.2, 0) is 6.42 Å². The lowest BCUT2D eigenvalue weighted by Crippen LogP contribution is -1.91. The third-order valence-electron chi connectivity index (χ3n) is 2.38. The fraction of sp³-hybridized carbons (Fsp3) is 0.333. The molecule has 0 aliphatic rings. The van der Waals surface area contributed by atoms with Gasteiger partial charge >= 0.3 is 0 Å². The quantitative estimate of drug-likeness (QED) is 0.683. The van der Waals surface area contributed by atoms with Crippen molar-refractivity contribution in [3.05, 3.63) is 46.5 Å². The van der Waals surface area contributed by atoms with Gasteiger partial charge in [-0.25, -0.2) is 0 Å². The molecule has 0 N–H and O–H groups in total. The summed E-state index contributed by atoms with van der Waals surface area (Å²) in [4.78, 5) is 0. The average molecular weight is 195 g/mol. The van der Waals surface area contributed by atoms with Crippen LogP contribution in [0.2, 0.25) is 0 Å². The molecule has 1 rings (SSSR count). The molecule has 0 nitrogen and oxygen atoms in total. The molecule has 1 aromatic carbocycles. The highest BCUT2D eigenvalue weighted by Crippen LogP contribution is 2.16. The first kappa shape index (κ1) is 10.3. The second-order valence-electron chi connectivity index (χ2n) is 3.38. The van der Waals surface area contributed by atoms with E-state index >= 15 is 0 Å². The Balaban J connectivity index is 2.77. The summed E-state index contributed by atoms with van der Waals surface area (Å²) in [5.74, 6) is 0. The topological polar surface area (TPSA) is 0 Å². The first-order valence-corrected chi connectivity index (χ1v) is 4.87. The van der Waals surface area contributed by atoms with Crippen LogP contribution in [-0.4, -0.2) is 0 Å². The van der Waals surface area contributed by atoms with Crippen molar-refractivity contribution in [3.8, 4) is 0 Å². The van der Waals surface area contributed by atoms with Crippen LogP contribution in [0.5, 0.6) is 0 Å². The fourth-order valence-corrected chi connectivity index (χ4v) is 1.45. The Bertz CT molecular complexity index is 313. The maximum Gasteiger partial charge on any atom is 0.0112 e. The minimum absolute atomic E-state index is 0.737. The van der Waals surface area contributed by atoms with Gasteiger partial charge in [0.25, 0.3) is 0 Å². The molecule has 0 unspecified atom stereocenters. The largest absolute Gasteiger partial charge is 0.0898 e. The van der Waals surface area contributed by atoms with Crippen molar-refractivity contribution in [1.82, 2.24) is 0 Å². The van der Waals surface area contributed by atoms with Gasteiger partial charge in [0, 0.05) is 5.03 Å². The Morgan fingerprint density at radius 2 is 2.08 bits per heavy atom. The monoisotopic (exact) mass is 194 g/mol. The second-order valence-corrected chi connectivity index (χ2v) is 3.91. The highest BCUT2D eigenvalue weighted by Gasteiger charge is 2.00. The zero-order valence-electron chi connectivity index (χ0n) is 8.23. The predicted octanol–water partition coefficient (Wildman–Crippen LogP) is 3.99. The van der Waals surface area contributed by atoms with E-state index in [2.05, 4.69) is 38.6 Å². The SMILES string of the molecule is C=C(Cl)CCc1cccc(C)c1C. The number of halogens is 1. The van der Waals surface area contributed by atoms with Crippen LogP contribution in [0.25, 0.3) is 0 Å². The van der Waals surface area contributed by atoms with E-state index in [0.717, 1.165) is 17.9 Å². The summed E-state index contributed by atoms with van der Waals surface area (Å²) >= 11 is 5.73. The number of hydrogen-bond donors (Lipinski definition) is 0. The molecule has 1 heteroatoms. The Morgan fingerprint density at radius 3 is 2.69 bits per heavy atom. The maximum atomic E-state index is 5.73. The predicted molar refractivity (Wildman–Crippen MR) is 59.2 cm³/mol. The Labute approximate surface area is 85.2 Å². The molecule has 70 valence electrons. The smallest absolute Gasteiger partial charge is 0.0112 e. The average Bonchev–Trinajstić information content (AvgIpc) is 2.07. The number of benzene rings is 1. The van der Waals surface area contributed by atoms with Crippen LogP contribution in [0.4, 0.5) is 0 Å². The van der Waals surface area contributed by atoms with Crippen molar-refractivity contribution in [2.45, 2.75) is 26.7 Å². The third kappa shape index (κ3) is 2.89. The molecular formula is C12H15Cl. The molecule has 0 fully saturated rings. The Hall–Kier alpha value is -0.750.